The number of hydrogen-bond donors (Lipinski definition) is 3. The van der Waals surface area contributed by atoms with Crippen molar-refractivity contribution in [1.29, 1.82) is 0 Å². The molecule has 0 amide bonds. The van der Waals surface area contributed by atoms with E-state index in [1.54, 1.807) is 0 Å². The van der Waals surface area contributed by atoms with Crippen molar-refractivity contribution < 1.29 is 20.1 Å². The fourth-order valence-corrected chi connectivity index (χ4v) is 0.871. The van der Waals surface area contributed by atoms with Gasteiger partial charge < -0.3 is 15.3 Å². The molecule has 0 saturated carbocycles. The Hall–Kier alpha value is -0.610. The minimum Gasteiger partial charge on any atom is -0.481 e. The predicted octanol–water partition coefficient (Wildman–Crippen LogP) is 0.619. The molecule has 0 spiro atoms. The quantitative estimate of drug-likeness (QED) is 0.607. The molecule has 0 fully saturated rings. The van der Waals surface area contributed by atoms with Crippen LogP contribution in [0.2, 0.25) is 0 Å². The molecular weight excluding hydrogens is 172 g/mol. The molecular formula is C9H18O4. The number of aliphatic hydroxyl groups excluding tert-OH is 1. The molecule has 13 heavy (non-hydrogen) atoms. The second-order valence-corrected chi connectivity index (χ2v) is 4.56. The molecule has 0 radical (unpaired) electrons. The van der Waals surface area contributed by atoms with Gasteiger partial charge >= 0.3 is 5.97 Å². The van der Waals surface area contributed by atoms with E-state index in [2.05, 4.69) is 0 Å². The maximum atomic E-state index is 10.7. The zero-order chi connectivity index (χ0) is 10.9. The van der Waals surface area contributed by atoms with E-state index < -0.39 is 23.1 Å². The minimum absolute atomic E-state index is 0.0479. The van der Waals surface area contributed by atoms with E-state index in [9.17, 15) is 15.0 Å². The van der Waals surface area contributed by atoms with Crippen molar-refractivity contribution in [3.8, 4) is 0 Å². The molecule has 0 rings (SSSR count). The third kappa shape index (κ3) is 3.74. The van der Waals surface area contributed by atoms with Crippen molar-refractivity contribution in [2.45, 2.75) is 45.8 Å². The van der Waals surface area contributed by atoms with Gasteiger partial charge in [0.15, 0.2) is 0 Å². The average molecular weight is 190 g/mol. The molecule has 4 nitrogen and oxygen atoms in total. The summed E-state index contributed by atoms with van der Waals surface area (Å²) in [5, 5.41) is 27.7. The molecule has 0 aromatic heterocycles. The van der Waals surface area contributed by atoms with Crippen molar-refractivity contribution in [3.05, 3.63) is 0 Å². The number of hydrogen-bond acceptors (Lipinski definition) is 3. The fourth-order valence-electron chi connectivity index (χ4n) is 0.871. The molecule has 1 unspecified atom stereocenters. The number of carboxylic acids is 1. The number of aliphatic carboxylic acids is 1. The maximum Gasteiger partial charge on any atom is 0.311 e. The molecule has 0 aliphatic carbocycles. The van der Waals surface area contributed by atoms with Crippen LogP contribution in [0, 0.1) is 5.41 Å². The van der Waals surface area contributed by atoms with Gasteiger partial charge in [-0.25, -0.2) is 0 Å². The first-order valence-electron chi connectivity index (χ1n) is 4.21. The van der Waals surface area contributed by atoms with Crippen LogP contribution in [0.1, 0.15) is 34.1 Å². The van der Waals surface area contributed by atoms with Crippen LogP contribution in [0.4, 0.5) is 0 Å². The zero-order valence-corrected chi connectivity index (χ0v) is 8.53. The van der Waals surface area contributed by atoms with Crippen molar-refractivity contribution in [1.82, 2.24) is 0 Å². The van der Waals surface area contributed by atoms with Gasteiger partial charge in [0.25, 0.3) is 0 Å². The van der Waals surface area contributed by atoms with Crippen LogP contribution in [0.5, 0.6) is 0 Å². The van der Waals surface area contributed by atoms with Crippen molar-refractivity contribution in [3.63, 3.8) is 0 Å². The van der Waals surface area contributed by atoms with Gasteiger partial charge in [-0.1, -0.05) is 0 Å². The summed E-state index contributed by atoms with van der Waals surface area (Å²) in [7, 11) is 0. The topological polar surface area (TPSA) is 77.8 Å². The highest BCUT2D eigenvalue weighted by atomic mass is 16.4. The van der Waals surface area contributed by atoms with Gasteiger partial charge in [0.1, 0.15) is 0 Å². The minimum atomic E-state index is -1.22. The molecule has 78 valence electrons. The Morgan fingerprint density at radius 1 is 1.31 bits per heavy atom. The van der Waals surface area contributed by atoms with Gasteiger partial charge in [-0.2, -0.15) is 0 Å². The summed E-state index contributed by atoms with van der Waals surface area (Å²) in [6.07, 6.45) is -1.00. The summed E-state index contributed by atoms with van der Waals surface area (Å²) in [4.78, 5) is 10.7. The maximum absolute atomic E-state index is 10.7. The Labute approximate surface area is 78.2 Å². The lowest BCUT2D eigenvalue weighted by molar-refractivity contribution is -0.155. The molecule has 0 saturated heterocycles. The molecule has 0 aromatic rings. The van der Waals surface area contributed by atoms with E-state index in [1.807, 2.05) is 0 Å². The van der Waals surface area contributed by atoms with Gasteiger partial charge in [0.05, 0.1) is 17.1 Å². The van der Waals surface area contributed by atoms with E-state index in [-0.39, 0.29) is 6.42 Å². The number of rotatable bonds is 4. The zero-order valence-electron chi connectivity index (χ0n) is 8.53. The first-order chi connectivity index (χ1) is 5.57. The van der Waals surface area contributed by atoms with Crippen LogP contribution in [0.3, 0.4) is 0 Å². The van der Waals surface area contributed by atoms with Crippen LogP contribution >= 0.6 is 0 Å². The van der Waals surface area contributed by atoms with Crippen LogP contribution in [-0.4, -0.2) is 33.0 Å². The highest BCUT2D eigenvalue weighted by Gasteiger charge is 2.38. The highest BCUT2D eigenvalue weighted by molar-refractivity contribution is 5.74. The molecule has 0 aliphatic rings. The Bertz CT molecular complexity index is 190. The largest absolute Gasteiger partial charge is 0.481 e. The summed E-state index contributed by atoms with van der Waals surface area (Å²) in [6, 6.07) is 0. The van der Waals surface area contributed by atoms with E-state index in [4.69, 9.17) is 5.11 Å². The normalized spacial score (nSPS) is 15.5. The fraction of sp³-hybridized carbons (Fsp3) is 0.889. The first-order valence-corrected chi connectivity index (χ1v) is 4.21. The molecule has 3 N–H and O–H groups in total. The van der Waals surface area contributed by atoms with E-state index in [0.717, 1.165) is 0 Å². The second-order valence-electron chi connectivity index (χ2n) is 4.56. The summed E-state index contributed by atoms with van der Waals surface area (Å²) >= 11 is 0. The van der Waals surface area contributed by atoms with E-state index in [0.29, 0.717) is 0 Å². The first kappa shape index (κ1) is 12.4. The monoisotopic (exact) mass is 190 g/mol. The van der Waals surface area contributed by atoms with Crippen LogP contribution in [0.25, 0.3) is 0 Å². The van der Waals surface area contributed by atoms with Crippen LogP contribution in [0.15, 0.2) is 0 Å². The van der Waals surface area contributed by atoms with Gasteiger partial charge in [-0.05, 0) is 27.7 Å². The van der Waals surface area contributed by atoms with Gasteiger partial charge in [-0.15, -0.1) is 0 Å². The number of aliphatic hydroxyl groups is 2. The Balaban J connectivity index is 4.43. The second kappa shape index (κ2) is 3.64. The van der Waals surface area contributed by atoms with E-state index in [1.165, 1.54) is 27.7 Å². The lowest BCUT2D eigenvalue weighted by atomic mass is 9.81. The third-order valence-electron chi connectivity index (χ3n) is 2.08. The predicted molar refractivity (Wildman–Crippen MR) is 48.3 cm³/mol. The van der Waals surface area contributed by atoms with Crippen LogP contribution in [-0.2, 0) is 4.79 Å². The van der Waals surface area contributed by atoms with Crippen LogP contribution < -0.4 is 0 Å². The SMILES string of the molecule is CC(C)(O)CC(O)C(C)(C)C(=O)O. The lowest BCUT2D eigenvalue weighted by Gasteiger charge is -2.30. The third-order valence-corrected chi connectivity index (χ3v) is 2.08. The lowest BCUT2D eigenvalue weighted by Crippen LogP contribution is -2.41. The van der Waals surface area contributed by atoms with Crippen molar-refractivity contribution in [2.24, 2.45) is 5.41 Å². The summed E-state index contributed by atoms with van der Waals surface area (Å²) in [6.45, 7) is 5.94. The Morgan fingerprint density at radius 2 is 1.69 bits per heavy atom. The average Bonchev–Trinajstić information content (AvgIpc) is 1.82. The number of carbonyl (C=O) groups is 1. The molecule has 0 heterocycles. The van der Waals surface area contributed by atoms with Gasteiger partial charge in [0, 0.05) is 6.42 Å². The Morgan fingerprint density at radius 3 is 1.92 bits per heavy atom. The van der Waals surface area contributed by atoms with Crippen molar-refractivity contribution in [2.75, 3.05) is 0 Å². The van der Waals surface area contributed by atoms with Crippen molar-refractivity contribution >= 4 is 5.97 Å². The standard InChI is InChI=1S/C9H18O4/c1-8(2,13)5-6(10)9(3,4)7(11)12/h6,10,13H,5H2,1-4H3,(H,11,12). The summed E-state index contributed by atoms with van der Waals surface area (Å²) in [5.41, 5.74) is -2.27. The smallest absolute Gasteiger partial charge is 0.311 e. The molecule has 0 aliphatic heterocycles. The Kier molecular flexibility index (Phi) is 3.47. The molecule has 0 aromatic carbocycles. The summed E-state index contributed by atoms with van der Waals surface area (Å²) in [5.74, 6) is -1.07. The number of carboxylic acid groups (broad SMARTS) is 1. The summed E-state index contributed by atoms with van der Waals surface area (Å²) < 4.78 is 0. The van der Waals surface area contributed by atoms with Gasteiger partial charge in [0.2, 0.25) is 0 Å². The van der Waals surface area contributed by atoms with Gasteiger partial charge in [-0.3, -0.25) is 4.79 Å². The molecule has 4 heteroatoms. The molecule has 1 atom stereocenters. The highest BCUT2D eigenvalue weighted by Crippen LogP contribution is 2.27. The molecule has 0 bridgehead atoms. The van der Waals surface area contributed by atoms with E-state index >= 15 is 0 Å².